The Morgan fingerprint density at radius 2 is 1.89 bits per heavy atom. The van der Waals surface area contributed by atoms with Gasteiger partial charge in [0.2, 0.25) is 11.9 Å². The van der Waals surface area contributed by atoms with E-state index < -0.39 is 17.2 Å². The maximum atomic E-state index is 14.1. The van der Waals surface area contributed by atoms with E-state index in [-0.39, 0.29) is 24.1 Å². The highest BCUT2D eigenvalue weighted by molar-refractivity contribution is 6.18. The number of halogens is 2. The van der Waals surface area contributed by atoms with Crippen molar-refractivity contribution >= 4 is 29.3 Å². The molecule has 3 aromatic rings. The molecule has 0 unspecified atom stereocenters. The topological polar surface area (TPSA) is 82.8 Å². The largest absolute Gasteiger partial charge is 0.326 e. The monoisotopic (exact) mass is 490 g/mol. The van der Waals surface area contributed by atoms with E-state index in [1.807, 2.05) is 48.4 Å². The summed E-state index contributed by atoms with van der Waals surface area (Å²) >= 11 is 0. The molecular weight excluding hydrogens is 466 g/mol. The van der Waals surface area contributed by atoms with E-state index in [1.165, 1.54) is 6.07 Å². The number of anilines is 2. The Balaban J connectivity index is 1.56. The molecule has 0 aliphatic carbocycles. The molecule has 0 spiro atoms. The van der Waals surface area contributed by atoms with Crippen LogP contribution in [0.15, 0.2) is 41.4 Å². The number of aliphatic imine (C=N–C) groups is 1. The van der Waals surface area contributed by atoms with E-state index in [0.717, 1.165) is 17.7 Å². The lowest BCUT2D eigenvalue weighted by Gasteiger charge is -2.34. The summed E-state index contributed by atoms with van der Waals surface area (Å²) in [6.07, 6.45) is 0.308. The third kappa shape index (κ3) is 3.39. The van der Waals surface area contributed by atoms with Gasteiger partial charge in [0.1, 0.15) is 11.6 Å². The van der Waals surface area contributed by atoms with E-state index in [9.17, 15) is 18.4 Å². The molecule has 2 amide bonds. The normalized spacial score (nSPS) is 17.6. The van der Waals surface area contributed by atoms with Crippen molar-refractivity contribution in [3.63, 3.8) is 0 Å². The summed E-state index contributed by atoms with van der Waals surface area (Å²) in [5.74, 6) is -0.603. The summed E-state index contributed by atoms with van der Waals surface area (Å²) < 4.78 is 29.6. The van der Waals surface area contributed by atoms with Gasteiger partial charge in [-0.15, -0.1) is 0 Å². The molecule has 184 valence electrons. The molecule has 36 heavy (non-hydrogen) atoms. The van der Waals surface area contributed by atoms with Crippen molar-refractivity contribution in [1.29, 1.82) is 0 Å². The van der Waals surface area contributed by atoms with Crippen molar-refractivity contribution in [2.24, 2.45) is 4.99 Å². The zero-order valence-electron chi connectivity index (χ0n) is 20.1. The third-order valence-electron chi connectivity index (χ3n) is 6.71. The van der Waals surface area contributed by atoms with Gasteiger partial charge in [-0.3, -0.25) is 19.4 Å². The van der Waals surface area contributed by atoms with Gasteiger partial charge in [-0.1, -0.05) is 18.2 Å². The zero-order chi connectivity index (χ0) is 25.4. The first-order chi connectivity index (χ1) is 17.1. The van der Waals surface area contributed by atoms with Gasteiger partial charge in [-0.2, -0.15) is 0 Å². The molecule has 0 saturated heterocycles. The number of benzene rings is 2. The number of nitrogens with one attached hydrogen (secondary N) is 1. The van der Waals surface area contributed by atoms with Crippen molar-refractivity contribution in [3.8, 4) is 11.4 Å². The second-order valence-electron chi connectivity index (χ2n) is 9.90. The standard InChI is InChI=1S/C26H24F2N6O2/c1-4-32-24(36)21-23(34-13-26(2,3)31-25(32)34)33(12-14-5-8-17(27)18(28)9-14)22(30-21)16-7-6-15-11-20(35)29-19(15)10-16/h5-10H,4,11-13H2,1-3H3,(H,29,35). The SMILES string of the molecule is CCN1C(=O)c2nc(-c3ccc4c(c3)NC(=O)C4)n(Cc3ccc(F)c(F)c3)c2N2CC(C)(C)N=C12. The van der Waals surface area contributed by atoms with Gasteiger partial charge in [0.15, 0.2) is 17.3 Å². The van der Waals surface area contributed by atoms with Crippen molar-refractivity contribution < 1.29 is 18.4 Å². The van der Waals surface area contributed by atoms with Crippen LogP contribution in [0.1, 0.15) is 42.4 Å². The number of fused-ring (bicyclic) bond motifs is 4. The van der Waals surface area contributed by atoms with Crippen LogP contribution in [0.5, 0.6) is 0 Å². The Morgan fingerprint density at radius 1 is 1.08 bits per heavy atom. The molecule has 2 aromatic carbocycles. The van der Waals surface area contributed by atoms with E-state index >= 15 is 0 Å². The number of carbonyl (C=O) groups excluding carboxylic acids is 2. The summed E-state index contributed by atoms with van der Waals surface area (Å²) in [5, 5.41) is 2.85. The number of hydrogen-bond donors (Lipinski definition) is 1. The Kier molecular flexibility index (Phi) is 4.79. The minimum Gasteiger partial charge on any atom is -0.326 e. The number of amides is 2. The molecule has 3 aliphatic rings. The van der Waals surface area contributed by atoms with E-state index in [4.69, 9.17) is 9.98 Å². The van der Waals surface area contributed by atoms with Gasteiger partial charge < -0.3 is 9.88 Å². The molecule has 10 heteroatoms. The summed E-state index contributed by atoms with van der Waals surface area (Å²) in [6.45, 7) is 6.99. The minimum absolute atomic E-state index is 0.0829. The van der Waals surface area contributed by atoms with Crippen LogP contribution in [0.4, 0.5) is 20.3 Å². The maximum Gasteiger partial charge on any atom is 0.283 e. The Hall–Kier alpha value is -4.08. The van der Waals surface area contributed by atoms with E-state index in [2.05, 4.69) is 5.32 Å². The van der Waals surface area contributed by atoms with Gasteiger partial charge in [0.05, 0.1) is 25.0 Å². The summed E-state index contributed by atoms with van der Waals surface area (Å²) in [4.78, 5) is 38.6. The molecule has 0 atom stereocenters. The second kappa shape index (κ2) is 7.71. The smallest absolute Gasteiger partial charge is 0.283 e. The molecule has 0 saturated carbocycles. The number of rotatable bonds is 4. The summed E-state index contributed by atoms with van der Waals surface area (Å²) in [7, 11) is 0. The Bertz CT molecular complexity index is 1490. The predicted octanol–water partition coefficient (Wildman–Crippen LogP) is 3.80. The average Bonchev–Trinajstić information content (AvgIpc) is 3.47. The zero-order valence-corrected chi connectivity index (χ0v) is 20.1. The fourth-order valence-electron chi connectivity index (χ4n) is 5.11. The average molecular weight is 491 g/mol. The first-order valence-electron chi connectivity index (χ1n) is 11.8. The lowest BCUT2D eigenvalue weighted by atomic mass is 10.1. The van der Waals surface area contributed by atoms with Crippen LogP contribution >= 0.6 is 0 Å². The highest BCUT2D eigenvalue weighted by Crippen LogP contribution is 2.39. The third-order valence-corrected chi connectivity index (χ3v) is 6.71. The lowest BCUT2D eigenvalue weighted by Crippen LogP contribution is -2.51. The highest BCUT2D eigenvalue weighted by Gasteiger charge is 2.45. The lowest BCUT2D eigenvalue weighted by molar-refractivity contribution is -0.115. The summed E-state index contributed by atoms with van der Waals surface area (Å²) in [5.41, 5.74) is 2.64. The molecule has 1 N–H and O–H groups in total. The van der Waals surface area contributed by atoms with Gasteiger partial charge in [0.25, 0.3) is 5.91 Å². The van der Waals surface area contributed by atoms with Crippen molar-refractivity contribution in [2.45, 2.75) is 39.3 Å². The number of hydrogen-bond acceptors (Lipinski definition) is 5. The van der Waals surface area contributed by atoms with E-state index in [0.29, 0.717) is 53.9 Å². The summed E-state index contributed by atoms with van der Waals surface area (Å²) in [6, 6.07) is 9.32. The first kappa shape index (κ1) is 22.4. The fourth-order valence-corrected chi connectivity index (χ4v) is 5.11. The van der Waals surface area contributed by atoms with Gasteiger partial charge in [0, 0.05) is 17.8 Å². The second-order valence-corrected chi connectivity index (χ2v) is 9.90. The van der Waals surface area contributed by atoms with Crippen LogP contribution in [0, 0.1) is 11.6 Å². The van der Waals surface area contributed by atoms with Crippen LogP contribution in [-0.2, 0) is 17.8 Å². The molecule has 6 rings (SSSR count). The van der Waals surface area contributed by atoms with Gasteiger partial charge in [-0.05, 0) is 50.1 Å². The number of guanidine groups is 1. The number of aromatic nitrogens is 2. The molecule has 0 radical (unpaired) electrons. The van der Waals surface area contributed by atoms with Crippen LogP contribution in [-0.4, -0.2) is 50.9 Å². The molecule has 0 bridgehead atoms. The molecular formula is C26H24F2N6O2. The first-order valence-corrected chi connectivity index (χ1v) is 11.8. The molecule has 0 fully saturated rings. The van der Waals surface area contributed by atoms with Crippen LogP contribution in [0.2, 0.25) is 0 Å². The van der Waals surface area contributed by atoms with Crippen LogP contribution in [0.3, 0.4) is 0 Å². The molecule has 1 aromatic heterocycles. The van der Waals surface area contributed by atoms with Crippen LogP contribution < -0.4 is 10.2 Å². The maximum absolute atomic E-state index is 14.1. The van der Waals surface area contributed by atoms with Crippen molar-refractivity contribution in [1.82, 2.24) is 14.5 Å². The molecule has 8 nitrogen and oxygen atoms in total. The van der Waals surface area contributed by atoms with Gasteiger partial charge >= 0.3 is 0 Å². The number of imidazole rings is 1. The molecule has 3 aliphatic heterocycles. The molecule has 4 heterocycles. The fraction of sp³-hybridized carbons (Fsp3) is 0.308. The van der Waals surface area contributed by atoms with Gasteiger partial charge in [-0.25, -0.2) is 18.8 Å². The van der Waals surface area contributed by atoms with E-state index in [1.54, 1.807) is 4.90 Å². The number of nitrogens with zero attached hydrogens (tertiary/aromatic N) is 5. The number of carbonyl (C=O) groups is 2. The Morgan fingerprint density at radius 3 is 2.64 bits per heavy atom. The van der Waals surface area contributed by atoms with Crippen LogP contribution in [0.25, 0.3) is 11.4 Å². The van der Waals surface area contributed by atoms with Crippen molar-refractivity contribution in [3.05, 3.63) is 64.9 Å². The quantitative estimate of drug-likeness (QED) is 0.603. The van der Waals surface area contributed by atoms with Crippen molar-refractivity contribution in [2.75, 3.05) is 23.3 Å². The predicted molar refractivity (Wildman–Crippen MR) is 131 cm³/mol. The Labute approximate surface area is 206 Å². The minimum atomic E-state index is -0.943. The highest BCUT2D eigenvalue weighted by atomic mass is 19.2.